The largest absolute Gasteiger partial charge is 0.342 e. The van der Waals surface area contributed by atoms with Crippen molar-refractivity contribution in [1.29, 1.82) is 0 Å². The van der Waals surface area contributed by atoms with Crippen molar-refractivity contribution >= 4 is 6.29 Å². The fraction of sp³-hybridized carbons (Fsp3) is 0.231. The molecule has 2 aromatic rings. The Morgan fingerprint density at radius 2 is 2.06 bits per heavy atom. The number of carbonyl (C=O) groups excluding carboxylic acids is 1. The van der Waals surface area contributed by atoms with Crippen LogP contribution < -0.4 is 0 Å². The first-order chi connectivity index (χ1) is 7.85. The number of aromatic amines is 1. The molecule has 82 valence electrons. The molecule has 0 saturated carbocycles. The Bertz CT molecular complexity index is 471. The van der Waals surface area contributed by atoms with Crippen LogP contribution in [0.2, 0.25) is 0 Å². The third-order valence-corrected chi connectivity index (χ3v) is 2.55. The van der Waals surface area contributed by atoms with Gasteiger partial charge in [0.25, 0.3) is 0 Å². The lowest BCUT2D eigenvalue weighted by Crippen LogP contribution is -1.87. The predicted molar refractivity (Wildman–Crippen MR) is 63.4 cm³/mol. The Hall–Kier alpha value is -1.90. The number of nitrogens with zero attached hydrogens (tertiary/aromatic N) is 1. The first kappa shape index (κ1) is 10.6. The van der Waals surface area contributed by atoms with Gasteiger partial charge in [-0.3, -0.25) is 4.79 Å². The molecule has 0 fully saturated rings. The number of aryl methyl sites for hydroxylation is 1. The fourth-order valence-corrected chi connectivity index (χ4v) is 1.74. The van der Waals surface area contributed by atoms with E-state index in [1.165, 1.54) is 5.56 Å². The lowest BCUT2D eigenvalue weighted by atomic mass is 10.1. The van der Waals surface area contributed by atoms with Crippen LogP contribution in [0, 0.1) is 0 Å². The van der Waals surface area contributed by atoms with Gasteiger partial charge in [-0.15, -0.1) is 0 Å². The topological polar surface area (TPSA) is 45.8 Å². The van der Waals surface area contributed by atoms with Crippen LogP contribution in [0.25, 0.3) is 11.3 Å². The molecule has 1 aromatic heterocycles. The summed E-state index contributed by atoms with van der Waals surface area (Å²) in [7, 11) is 0. The summed E-state index contributed by atoms with van der Waals surface area (Å²) in [6.07, 6.45) is 4.56. The molecule has 3 nitrogen and oxygen atoms in total. The molecular formula is C13H14N2O. The van der Waals surface area contributed by atoms with Gasteiger partial charge in [0.05, 0.1) is 12.0 Å². The molecule has 0 unspecified atom stereocenters. The predicted octanol–water partition coefficient (Wildman–Crippen LogP) is 2.84. The fourth-order valence-electron chi connectivity index (χ4n) is 1.74. The van der Waals surface area contributed by atoms with Gasteiger partial charge in [-0.1, -0.05) is 37.6 Å². The molecule has 3 heteroatoms. The van der Waals surface area contributed by atoms with E-state index in [2.05, 4.69) is 29.0 Å². The molecule has 0 spiro atoms. The van der Waals surface area contributed by atoms with E-state index >= 15 is 0 Å². The monoisotopic (exact) mass is 214 g/mol. The van der Waals surface area contributed by atoms with Gasteiger partial charge in [-0.05, 0) is 12.0 Å². The van der Waals surface area contributed by atoms with Gasteiger partial charge in [0, 0.05) is 5.56 Å². The van der Waals surface area contributed by atoms with Crippen molar-refractivity contribution in [2.75, 3.05) is 0 Å². The highest BCUT2D eigenvalue weighted by Crippen LogP contribution is 2.20. The summed E-state index contributed by atoms with van der Waals surface area (Å²) < 4.78 is 0. The zero-order valence-corrected chi connectivity index (χ0v) is 9.23. The molecule has 0 aliphatic heterocycles. The van der Waals surface area contributed by atoms with Crippen molar-refractivity contribution in [2.24, 2.45) is 0 Å². The molecule has 2 rings (SSSR count). The van der Waals surface area contributed by atoms with E-state index in [1.807, 2.05) is 12.1 Å². The average molecular weight is 214 g/mol. The molecule has 0 bridgehead atoms. The minimum Gasteiger partial charge on any atom is -0.342 e. The Morgan fingerprint density at radius 1 is 1.31 bits per heavy atom. The second-order valence-electron chi connectivity index (χ2n) is 3.73. The van der Waals surface area contributed by atoms with E-state index < -0.39 is 0 Å². The quantitative estimate of drug-likeness (QED) is 0.795. The number of benzene rings is 1. The van der Waals surface area contributed by atoms with E-state index in [9.17, 15) is 4.79 Å². The molecule has 0 aliphatic carbocycles. The molecule has 0 amide bonds. The van der Waals surface area contributed by atoms with E-state index in [0.29, 0.717) is 5.69 Å². The standard InChI is InChI=1S/C13H14N2O/c1-2-3-10-4-6-11(7-5-10)13-12(8-16)14-9-15-13/h4-9H,2-3H2,1H3,(H,14,15). The second-order valence-corrected chi connectivity index (χ2v) is 3.73. The van der Waals surface area contributed by atoms with Crippen LogP contribution in [0.3, 0.4) is 0 Å². The van der Waals surface area contributed by atoms with Crippen LogP contribution >= 0.6 is 0 Å². The number of aldehydes is 1. The Kier molecular flexibility index (Phi) is 3.15. The van der Waals surface area contributed by atoms with Gasteiger partial charge in [0.1, 0.15) is 5.69 Å². The van der Waals surface area contributed by atoms with Crippen LogP contribution in [0.5, 0.6) is 0 Å². The second kappa shape index (κ2) is 4.75. The van der Waals surface area contributed by atoms with Crippen molar-refractivity contribution in [2.45, 2.75) is 19.8 Å². The lowest BCUT2D eigenvalue weighted by molar-refractivity contribution is 0.112. The maximum atomic E-state index is 10.8. The molecule has 0 aliphatic rings. The van der Waals surface area contributed by atoms with Gasteiger partial charge in [0.2, 0.25) is 0 Å². The van der Waals surface area contributed by atoms with Crippen LogP contribution in [0.15, 0.2) is 30.6 Å². The molecule has 0 radical (unpaired) electrons. The van der Waals surface area contributed by atoms with Crippen LogP contribution in [-0.4, -0.2) is 16.3 Å². The molecule has 1 heterocycles. The lowest BCUT2D eigenvalue weighted by Gasteiger charge is -2.01. The van der Waals surface area contributed by atoms with Gasteiger partial charge >= 0.3 is 0 Å². The average Bonchev–Trinajstić information content (AvgIpc) is 2.78. The smallest absolute Gasteiger partial charge is 0.168 e. The maximum Gasteiger partial charge on any atom is 0.168 e. The number of imidazole rings is 1. The number of hydrogen-bond acceptors (Lipinski definition) is 2. The van der Waals surface area contributed by atoms with Crippen molar-refractivity contribution in [3.63, 3.8) is 0 Å². The maximum absolute atomic E-state index is 10.8. The minimum absolute atomic E-state index is 0.531. The number of aromatic nitrogens is 2. The van der Waals surface area contributed by atoms with E-state index in [-0.39, 0.29) is 0 Å². The molecule has 0 saturated heterocycles. The highest BCUT2D eigenvalue weighted by molar-refractivity contribution is 5.83. The highest BCUT2D eigenvalue weighted by atomic mass is 16.1. The van der Waals surface area contributed by atoms with Crippen molar-refractivity contribution in [3.8, 4) is 11.3 Å². The first-order valence-electron chi connectivity index (χ1n) is 5.43. The highest BCUT2D eigenvalue weighted by Gasteiger charge is 2.06. The van der Waals surface area contributed by atoms with Crippen molar-refractivity contribution < 1.29 is 4.79 Å². The molecule has 16 heavy (non-hydrogen) atoms. The van der Waals surface area contributed by atoms with E-state index in [1.54, 1.807) is 6.33 Å². The van der Waals surface area contributed by atoms with E-state index in [0.717, 1.165) is 30.4 Å². The van der Waals surface area contributed by atoms with Gasteiger partial charge in [-0.2, -0.15) is 0 Å². The number of rotatable bonds is 4. The summed E-state index contributed by atoms with van der Waals surface area (Å²) in [6, 6.07) is 8.19. The van der Waals surface area contributed by atoms with E-state index in [4.69, 9.17) is 0 Å². The number of nitrogens with one attached hydrogen (secondary N) is 1. The number of hydrogen-bond donors (Lipinski definition) is 1. The normalized spacial score (nSPS) is 10.3. The summed E-state index contributed by atoms with van der Waals surface area (Å²) >= 11 is 0. The molecule has 1 N–H and O–H groups in total. The SMILES string of the molecule is CCCc1ccc(-c2nc[nH]c2C=O)cc1. The summed E-state index contributed by atoms with van der Waals surface area (Å²) in [6.45, 7) is 2.16. The van der Waals surface area contributed by atoms with Crippen molar-refractivity contribution in [3.05, 3.63) is 41.9 Å². The third-order valence-electron chi connectivity index (χ3n) is 2.55. The number of H-pyrrole nitrogens is 1. The third kappa shape index (κ3) is 2.03. The van der Waals surface area contributed by atoms with Gasteiger partial charge in [-0.25, -0.2) is 4.98 Å². The van der Waals surface area contributed by atoms with Crippen LogP contribution in [0.1, 0.15) is 29.4 Å². The first-order valence-corrected chi connectivity index (χ1v) is 5.43. The number of carbonyl (C=O) groups is 1. The van der Waals surface area contributed by atoms with Gasteiger partial charge in [0.15, 0.2) is 6.29 Å². The minimum atomic E-state index is 0.531. The Labute approximate surface area is 94.5 Å². The Morgan fingerprint density at radius 3 is 2.69 bits per heavy atom. The van der Waals surface area contributed by atoms with Crippen molar-refractivity contribution in [1.82, 2.24) is 9.97 Å². The van der Waals surface area contributed by atoms with Crippen LogP contribution in [0.4, 0.5) is 0 Å². The summed E-state index contributed by atoms with van der Waals surface area (Å²) in [5.74, 6) is 0. The zero-order chi connectivity index (χ0) is 11.4. The Balaban J connectivity index is 2.31. The molecule has 1 aromatic carbocycles. The summed E-state index contributed by atoms with van der Waals surface area (Å²) in [5.41, 5.74) is 3.54. The summed E-state index contributed by atoms with van der Waals surface area (Å²) in [5, 5.41) is 0. The summed E-state index contributed by atoms with van der Waals surface area (Å²) in [4.78, 5) is 17.7. The van der Waals surface area contributed by atoms with Gasteiger partial charge < -0.3 is 4.98 Å². The molecule has 0 atom stereocenters. The van der Waals surface area contributed by atoms with Crippen LogP contribution in [-0.2, 0) is 6.42 Å². The zero-order valence-electron chi connectivity index (χ0n) is 9.23. The molecular weight excluding hydrogens is 200 g/mol.